The van der Waals surface area contributed by atoms with Crippen LogP contribution < -0.4 is 4.90 Å². The Morgan fingerprint density at radius 1 is 0.404 bits per heavy atom. The molecule has 1 heterocycles. The van der Waals surface area contributed by atoms with Crippen LogP contribution in [0.5, 0.6) is 0 Å². The molecular formula is C54H34N2O. The van der Waals surface area contributed by atoms with Crippen LogP contribution in [0.25, 0.3) is 66.7 Å². The van der Waals surface area contributed by atoms with Gasteiger partial charge in [-0.25, -0.2) is 4.98 Å². The van der Waals surface area contributed by atoms with Crippen LogP contribution in [-0.2, 0) is 5.41 Å². The topological polar surface area (TPSA) is 29.3 Å². The van der Waals surface area contributed by atoms with E-state index in [4.69, 9.17) is 9.40 Å². The van der Waals surface area contributed by atoms with Crippen LogP contribution in [-0.4, -0.2) is 4.98 Å². The number of hydrogen-bond acceptors (Lipinski definition) is 3. The maximum Gasteiger partial charge on any atom is 0.227 e. The number of para-hydroxylation sites is 2. The molecule has 3 nitrogen and oxygen atoms in total. The first kappa shape index (κ1) is 31.8. The van der Waals surface area contributed by atoms with E-state index in [0.29, 0.717) is 5.89 Å². The molecule has 0 N–H and O–H groups in total. The van der Waals surface area contributed by atoms with Crippen molar-refractivity contribution in [3.8, 4) is 44.8 Å². The largest absolute Gasteiger partial charge is 0.436 e. The summed E-state index contributed by atoms with van der Waals surface area (Å²) in [5, 5.41) is 2.55. The highest BCUT2D eigenvalue weighted by Crippen LogP contribution is 2.64. The molecule has 1 aromatic heterocycles. The van der Waals surface area contributed by atoms with Crippen LogP contribution in [0.2, 0.25) is 0 Å². The molecule has 266 valence electrons. The summed E-state index contributed by atoms with van der Waals surface area (Å²) in [5.41, 5.74) is 18.2. The maximum absolute atomic E-state index is 6.18. The summed E-state index contributed by atoms with van der Waals surface area (Å²) >= 11 is 0. The van der Waals surface area contributed by atoms with E-state index in [1.165, 1.54) is 66.4 Å². The van der Waals surface area contributed by atoms with Crippen LogP contribution in [0.15, 0.2) is 211 Å². The van der Waals surface area contributed by atoms with Crippen molar-refractivity contribution < 1.29 is 4.42 Å². The molecular weight excluding hydrogens is 693 g/mol. The quantitative estimate of drug-likeness (QED) is 0.177. The van der Waals surface area contributed by atoms with Gasteiger partial charge in [-0.3, -0.25) is 0 Å². The number of nitrogens with zero attached hydrogens (tertiary/aromatic N) is 2. The molecule has 0 atom stereocenters. The lowest BCUT2D eigenvalue weighted by Crippen LogP contribution is -2.26. The Hall–Kier alpha value is -7.49. The molecule has 0 amide bonds. The van der Waals surface area contributed by atoms with E-state index < -0.39 is 5.41 Å². The Labute approximate surface area is 330 Å². The molecule has 0 radical (unpaired) electrons. The van der Waals surface area contributed by atoms with Crippen molar-refractivity contribution in [1.29, 1.82) is 0 Å². The average Bonchev–Trinajstić information content (AvgIpc) is 3.94. The lowest BCUT2D eigenvalue weighted by atomic mass is 9.69. The fraction of sp³-hybridized carbons (Fsp3) is 0.0185. The number of aromatic nitrogens is 1. The fourth-order valence-electron chi connectivity index (χ4n) is 9.68. The normalized spacial score (nSPS) is 13.1. The summed E-state index contributed by atoms with van der Waals surface area (Å²) in [6.07, 6.45) is 0. The molecule has 9 aromatic carbocycles. The second-order valence-corrected chi connectivity index (χ2v) is 15.1. The zero-order valence-corrected chi connectivity index (χ0v) is 30.9. The predicted molar refractivity (Wildman–Crippen MR) is 233 cm³/mol. The minimum atomic E-state index is -0.492. The van der Waals surface area contributed by atoms with E-state index in [0.717, 1.165) is 33.7 Å². The molecule has 0 unspecified atom stereocenters. The van der Waals surface area contributed by atoms with Gasteiger partial charge in [-0.05, 0) is 127 Å². The Kier molecular flexibility index (Phi) is 6.84. The Balaban J connectivity index is 1.08. The monoisotopic (exact) mass is 726 g/mol. The summed E-state index contributed by atoms with van der Waals surface area (Å²) in [4.78, 5) is 7.17. The Bertz CT molecular complexity index is 3100. The van der Waals surface area contributed by atoms with E-state index in [1.54, 1.807) is 0 Å². The van der Waals surface area contributed by atoms with Crippen molar-refractivity contribution in [2.75, 3.05) is 4.90 Å². The van der Waals surface area contributed by atoms with Crippen molar-refractivity contribution >= 4 is 38.9 Å². The van der Waals surface area contributed by atoms with E-state index in [9.17, 15) is 0 Å². The number of rotatable bonds is 5. The third-order valence-corrected chi connectivity index (χ3v) is 12.1. The van der Waals surface area contributed by atoms with E-state index >= 15 is 0 Å². The van der Waals surface area contributed by atoms with Gasteiger partial charge in [0.25, 0.3) is 0 Å². The van der Waals surface area contributed by atoms with Crippen molar-refractivity contribution in [1.82, 2.24) is 4.98 Å². The van der Waals surface area contributed by atoms with Gasteiger partial charge in [0.2, 0.25) is 5.89 Å². The van der Waals surface area contributed by atoms with Crippen molar-refractivity contribution in [2.24, 2.45) is 0 Å². The van der Waals surface area contributed by atoms with Crippen molar-refractivity contribution in [3.63, 3.8) is 0 Å². The van der Waals surface area contributed by atoms with E-state index in [-0.39, 0.29) is 0 Å². The zero-order chi connectivity index (χ0) is 37.5. The number of oxazole rings is 1. The van der Waals surface area contributed by atoms with Crippen LogP contribution in [0.3, 0.4) is 0 Å². The molecule has 2 aliphatic rings. The first-order valence-corrected chi connectivity index (χ1v) is 19.5. The third kappa shape index (κ3) is 4.63. The summed E-state index contributed by atoms with van der Waals surface area (Å²) in [5.74, 6) is 0.615. The van der Waals surface area contributed by atoms with Crippen LogP contribution >= 0.6 is 0 Å². The average molecular weight is 727 g/mol. The second-order valence-electron chi connectivity index (χ2n) is 15.1. The Morgan fingerprint density at radius 2 is 0.965 bits per heavy atom. The molecule has 0 bridgehead atoms. The van der Waals surface area contributed by atoms with Crippen LogP contribution in [0.1, 0.15) is 22.3 Å². The number of benzene rings is 9. The molecule has 0 aliphatic heterocycles. The molecule has 0 saturated heterocycles. The summed E-state index contributed by atoms with van der Waals surface area (Å²) in [7, 11) is 0. The smallest absolute Gasteiger partial charge is 0.227 e. The van der Waals surface area contributed by atoms with Gasteiger partial charge in [0.05, 0.1) is 5.41 Å². The van der Waals surface area contributed by atoms with Gasteiger partial charge in [-0.2, -0.15) is 0 Å². The summed E-state index contributed by atoms with van der Waals surface area (Å²) in [6.45, 7) is 0. The highest BCUT2D eigenvalue weighted by molar-refractivity contribution is 6.04. The summed E-state index contributed by atoms with van der Waals surface area (Å²) < 4.78 is 6.18. The highest BCUT2D eigenvalue weighted by atomic mass is 16.3. The lowest BCUT2D eigenvalue weighted by Gasteiger charge is -2.33. The van der Waals surface area contributed by atoms with Gasteiger partial charge in [0.15, 0.2) is 5.58 Å². The van der Waals surface area contributed by atoms with Gasteiger partial charge < -0.3 is 9.32 Å². The second kappa shape index (κ2) is 12.3. The SMILES string of the molecule is c1ccc(-c2ccc(N(c3ccc(-c4nc5ccccc5o4)cc3)c3ccc4c(c3)C3(c5ccccc5-c5ccccc53)c3c-4ccc4ccccc34)cc2)cc1. The standard InChI is InChI=1S/C54H34N2O/c1-2-12-35(13-3-1)36-22-27-39(28-23-36)56(40-29-24-38(25-30-40)53-55-50-20-10-11-21-51(50)57-53)41-31-33-45-46-32-26-37-14-4-5-15-42(37)52(46)54(49(45)34-41)47-18-8-6-16-43(47)44-17-7-9-19-48(44)54/h1-34H. The molecule has 12 rings (SSSR count). The maximum atomic E-state index is 6.18. The predicted octanol–water partition coefficient (Wildman–Crippen LogP) is 14.1. The third-order valence-electron chi connectivity index (χ3n) is 12.1. The highest BCUT2D eigenvalue weighted by Gasteiger charge is 2.52. The molecule has 0 saturated carbocycles. The van der Waals surface area contributed by atoms with Gasteiger partial charge >= 0.3 is 0 Å². The van der Waals surface area contributed by atoms with Crippen LogP contribution in [0.4, 0.5) is 17.1 Å². The van der Waals surface area contributed by atoms with E-state index in [2.05, 4.69) is 187 Å². The zero-order valence-electron chi connectivity index (χ0n) is 30.9. The molecule has 0 fully saturated rings. The van der Waals surface area contributed by atoms with Gasteiger partial charge in [0, 0.05) is 22.6 Å². The minimum Gasteiger partial charge on any atom is -0.436 e. The molecule has 3 heteroatoms. The summed E-state index contributed by atoms with van der Waals surface area (Å²) in [6, 6.07) is 74.7. The van der Waals surface area contributed by atoms with E-state index in [1.807, 2.05) is 24.3 Å². The fourth-order valence-corrected chi connectivity index (χ4v) is 9.68. The van der Waals surface area contributed by atoms with Crippen LogP contribution in [0, 0.1) is 0 Å². The molecule has 1 spiro atoms. The van der Waals surface area contributed by atoms with Gasteiger partial charge in [0.1, 0.15) is 5.52 Å². The molecule has 10 aromatic rings. The minimum absolute atomic E-state index is 0.492. The lowest BCUT2D eigenvalue weighted by molar-refractivity contribution is 0.620. The number of fused-ring (bicyclic) bond motifs is 13. The first-order chi connectivity index (χ1) is 28.3. The Morgan fingerprint density at radius 3 is 1.70 bits per heavy atom. The molecule has 57 heavy (non-hydrogen) atoms. The number of anilines is 3. The number of hydrogen-bond donors (Lipinski definition) is 0. The van der Waals surface area contributed by atoms with Gasteiger partial charge in [-0.15, -0.1) is 0 Å². The van der Waals surface area contributed by atoms with Crippen molar-refractivity contribution in [2.45, 2.75) is 5.41 Å². The molecule has 2 aliphatic carbocycles. The van der Waals surface area contributed by atoms with Crippen molar-refractivity contribution in [3.05, 3.63) is 229 Å². The van der Waals surface area contributed by atoms with Gasteiger partial charge in [-0.1, -0.05) is 146 Å². The first-order valence-electron chi connectivity index (χ1n) is 19.5.